The molecule has 0 radical (unpaired) electrons. The van der Waals surface area contributed by atoms with Crippen molar-refractivity contribution in [2.45, 2.75) is 31.7 Å². The lowest BCUT2D eigenvalue weighted by Crippen LogP contribution is -2.15. The topological polar surface area (TPSA) is 169 Å². The molecule has 15 heteroatoms. The highest BCUT2D eigenvalue weighted by molar-refractivity contribution is 7.66. The number of hydrogen-bond donors (Lipinski definition) is 4. The molecule has 0 aromatic heterocycles. The van der Waals surface area contributed by atoms with Gasteiger partial charge in [-0.2, -0.15) is 8.62 Å². The Morgan fingerprint density at radius 2 is 1.71 bits per heavy atom. The third-order valence-electron chi connectivity index (χ3n) is 2.24. The minimum Gasteiger partial charge on any atom is -0.370 e. The summed E-state index contributed by atoms with van der Waals surface area (Å²) in [6, 6.07) is 0. The van der Waals surface area contributed by atoms with E-state index >= 15 is 0 Å². The number of alkyl halides is 1. The minimum atomic E-state index is -5.54. The van der Waals surface area contributed by atoms with Crippen molar-refractivity contribution in [1.29, 1.82) is 0 Å². The van der Waals surface area contributed by atoms with Crippen LogP contribution in [0.5, 0.6) is 0 Å². The van der Waals surface area contributed by atoms with Crippen molar-refractivity contribution in [1.82, 2.24) is 0 Å². The fourth-order valence-electron chi connectivity index (χ4n) is 1.48. The zero-order valence-corrected chi connectivity index (χ0v) is 13.2. The molecule has 1 aliphatic rings. The molecule has 21 heavy (non-hydrogen) atoms. The molecule has 0 aliphatic carbocycles. The molecule has 4 N–H and O–H groups in total. The van der Waals surface area contributed by atoms with Crippen LogP contribution in [0.2, 0.25) is 0 Å². The second-order valence-electron chi connectivity index (χ2n) is 4.10. The van der Waals surface area contributed by atoms with Gasteiger partial charge in [0.1, 0.15) is 6.17 Å². The molecule has 11 nitrogen and oxygen atoms in total. The van der Waals surface area contributed by atoms with E-state index in [1.165, 1.54) is 6.92 Å². The van der Waals surface area contributed by atoms with Crippen LogP contribution >= 0.6 is 23.5 Å². The van der Waals surface area contributed by atoms with E-state index in [9.17, 15) is 18.1 Å². The van der Waals surface area contributed by atoms with Crippen LogP contribution in [0.1, 0.15) is 13.3 Å². The van der Waals surface area contributed by atoms with Crippen LogP contribution < -0.4 is 0 Å². The molecule has 0 aromatic rings. The van der Waals surface area contributed by atoms with Crippen molar-refractivity contribution in [3.05, 3.63) is 0 Å². The van der Waals surface area contributed by atoms with Gasteiger partial charge in [-0.1, -0.05) is 0 Å². The molecule has 1 rings (SSSR count). The van der Waals surface area contributed by atoms with Crippen LogP contribution in [-0.2, 0) is 31.6 Å². The zero-order valence-electron chi connectivity index (χ0n) is 10.5. The Morgan fingerprint density at radius 3 is 2.14 bits per heavy atom. The number of phosphoric ester groups is 1. The van der Waals surface area contributed by atoms with E-state index in [2.05, 4.69) is 13.1 Å². The first-order chi connectivity index (χ1) is 9.30. The van der Waals surface area contributed by atoms with Crippen molar-refractivity contribution in [3.8, 4) is 0 Å². The maximum Gasteiger partial charge on any atom is 0.490 e. The summed E-state index contributed by atoms with van der Waals surface area (Å²) >= 11 is 0. The van der Waals surface area contributed by atoms with Crippen molar-refractivity contribution in [3.63, 3.8) is 0 Å². The Morgan fingerprint density at radius 1 is 1.14 bits per heavy atom. The average Bonchev–Trinajstić information content (AvgIpc) is 2.50. The minimum absolute atomic E-state index is 0.114. The van der Waals surface area contributed by atoms with Gasteiger partial charge in [0, 0.05) is 6.42 Å². The summed E-state index contributed by atoms with van der Waals surface area (Å²) < 4.78 is 62.1. The molecular weight excluding hydrogens is 360 g/mol. The van der Waals surface area contributed by atoms with Gasteiger partial charge in [0.25, 0.3) is 0 Å². The Kier molecular flexibility index (Phi) is 6.28. The lowest BCUT2D eigenvalue weighted by molar-refractivity contribution is 0.0102. The third kappa shape index (κ3) is 7.40. The first-order valence-corrected chi connectivity index (χ1v) is 9.90. The van der Waals surface area contributed by atoms with Gasteiger partial charge in [-0.15, -0.1) is 0 Å². The fraction of sp³-hybridized carbons (Fsp3) is 1.00. The Balaban J connectivity index is 2.52. The van der Waals surface area contributed by atoms with Gasteiger partial charge in [-0.3, -0.25) is 4.52 Å². The third-order valence-corrected chi connectivity index (χ3v) is 6.05. The van der Waals surface area contributed by atoms with Crippen LogP contribution in [-0.4, -0.2) is 44.6 Å². The highest BCUT2D eigenvalue weighted by Gasteiger charge is 2.41. The maximum absolute atomic E-state index is 13.1. The summed E-state index contributed by atoms with van der Waals surface area (Å²) in [5.74, 6) is 0. The molecule has 3 unspecified atom stereocenters. The number of rotatable bonds is 7. The van der Waals surface area contributed by atoms with Gasteiger partial charge >= 0.3 is 23.5 Å². The molecule has 0 bridgehead atoms. The van der Waals surface area contributed by atoms with Crippen LogP contribution in [0.15, 0.2) is 0 Å². The predicted octanol–water partition coefficient (Wildman–Crippen LogP) is 0.845. The summed E-state index contributed by atoms with van der Waals surface area (Å²) in [6.07, 6.45) is -3.02. The van der Waals surface area contributed by atoms with Crippen LogP contribution in [0.4, 0.5) is 4.39 Å². The summed E-state index contributed by atoms with van der Waals surface area (Å²) in [6.45, 7) is 0.809. The van der Waals surface area contributed by atoms with Gasteiger partial charge in [-0.25, -0.2) is 18.1 Å². The van der Waals surface area contributed by atoms with Crippen molar-refractivity contribution in [2.24, 2.45) is 0 Å². The molecule has 0 amide bonds. The Hall–Kier alpha value is 0.300. The molecule has 0 aromatic carbocycles. The van der Waals surface area contributed by atoms with Gasteiger partial charge in [0.15, 0.2) is 0 Å². The number of ether oxygens (including phenoxy) is 1. The standard InChI is InChI=1S/C6H14FO11P3/c1-4-6(7)2-5(16-4)3-15-20(11,12)18-21(13,14)17-19(8,9)10/h4-6H,2-3H2,1H3,(H,11,12)(H,13,14)(H2,8,9,10)/t4-,5-,6?/m0/s1. The summed E-state index contributed by atoms with van der Waals surface area (Å²) in [5.41, 5.74) is 0. The van der Waals surface area contributed by atoms with E-state index < -0.39 is 48.5 Å². The van der Waals surface area contributed by atoms with Gasteiger partial charge in [0.2, 0.25) is 0 Å². The highest BCUT2D eigenvalue weighted by atomic mass is 31.3. The molecule has 5 atom stereocenters. The second kappa shape index (κ2) is 6.82. The molecule has 1 saturated heterocycles. The SMILES string of the molecule is C[C@@H]1O[C@H](COP(=O)(O)OP(=O)(O)OP(=O)(O)O)CC1F. The largest absolute Gasteiger partial charge is 0.490 e. The van der Waals surface area contributed by atoms with Crippen molar-refractivity contribution >= 4 is 23.5 Å². The Bertz CT molecular complexity index is 494. The monoisotopic (exact) mass is 374 g/mol. The van der Waals surface area contributed by atoms with Crippen molar-refractivity contribution < 1.29 is 55.5 Å². The molecular formula is C6H14FO11P3. The second-order valence-corrected chi connectivity index (χ2v) is 8.52. The van der Waals surface area contributed by atoms with E-state index in [1.807, 2.05) is 0 Å². The maximum atomic E-state index is 13.1. The number of phosphoric acid groups is 3. The fourth-order valence-corrected chi connectivity index (χ4v) is 4.52. The smallest absolute Gasteiger partial charge is 0.370 e. The van der Waals surface area contributed by atoms with Crippen LogP contribution in [0.3, 0.4) is 0 Å². The summed E-state index contributed by atoms with van der Waals surface area (Å²) in [4.78, 5) is 34.6. The first kappa shape index (κ1) is 19.3. The Labute approximate surface area is 118 Å². The number of halogens is 1. The zero-order chi connectivity index (χ0) is 16.5. The lowest BCUT2D eigenvalue weighted by atomic mass is 10.2. The van der Waals surface area contributed by atoms with Crippen LogP contribution in [0.25, 0.3) is 0 Å². The summed E-state index contributed by atoms with van der Waals surface area (Å²) in [5, 5.41) is 0. The molecule has 1 fully saturated rings. The molecule has 1 heterocycles. The van der Waals surface area contributed by atoms with Gasteiger partial charge < -0.3 is 24.3 Å². The normalized spacial score (nSPS) is 32.6. The van der Waals surface area contributed by atoms with E-state index in [0.717, 1.165) is 0 Å². The van der Waals surface area contributed by atoms with E-state index in [1.54, 1.807) is 0 Å². The number of hydrogen-bond acceptors (Lipinski definition) is 7. The van der Waals surface area contributed by atoms with E-state index in [0.29, 0.717) is 0 Å². The molecule has 126 valence electrons. The van der Waals surface area contributed by atoms with Gasteiger partial charge in [0.05, 0.1) is 18.8 Å². The highest BCUT2D eigenvalue weighted by Crippen LogP contribution is 2.66. The van der Waals surface area contributed by atoms with E-state index in [-0.39, 0.29) is 6.42 Å². The van der Waals surface area contributed by atoms with Crippen LogP contribution in [0, 0.1) is 0 Å². The predicted molar refractivity (Wildman–Crippen MR) is 63.7 cm³/mol. The van der Waals surface area contributed by atoms with E-state index in [4.69, 9.17) is 24.3 Å². The molecule has 0 saturated carbocycles. The molecule has 0 spiro atoms. The van der Waals surface area contributed by atoms with Gasteiger partial charge in [-0.05, 0) is 6.92 Å². The first-order valence-electron chi connectivity index (χ1n) is 5.37. The quantitative estimate of drug-likeness (QED) is 0.466. The van der Waals surface area contributed by atoms with Crippen molar-refractivity contribution in [2.75, 3.05) is 6.61 Å². The molecule has 1 aliphatic heterocycles. The average molecular weight is 374 g/mol. The lowest BCUT2D eigenvalue weighted by Gasteiger charge is -2.17. The summed E-state index contributed by atoms with van der Waals surface area (Å²) in [7, 11) is -16.1.